The van der Waals surface area contributed by atoms with Crippen LogP contribution in [0.15, 0.2) is 42.5 Å². The third-order valence-corrected chi connectivity index (χ3v) is 4.27. The minimum atomic E-state index is -0.206. The first-order valence-electron chi connectivity index (χ1n) is 8.13. The summed E-state index contributed by atoms with van der Waals surface area (Å²) >= 11 is 12.0. The highest BCUT2D eigenvalue weighted by Gasteiger charge is 2.07. The summed E-state index contributed by atoms with van der Waals surface area (Å²) in [5.74, 6) is -0.135. The largest absolute Gasteiger partial charge is 0.375 e. The Hall–Kier alpha value is -2.24. The molecule has 0 aliphatic carbocycles. The number of halogens is 2. The van der Waals surface area contributed by atoms with Gasteiger partial charge in [-0.1, -0.05) is 35.3 Å². The topological polar surface area (TPSA) is 61.4 Å². The van der Waals surface area contributed by atoms with E-state index in [9.17, 15) is 9.59 Å². The van der Waals surface area contributed by atoms with E-state index in [-0.39, 0.29) is 18.4 Å². The highest BCUT2D eigenvalue weighted by Crippen LogP contribution is 2.25. The number of aryl methyl sites for hydroxylation is 1. The quantitative estimate of drug-likeness (QED) is 0.745. The Morgan fingerprint density at radius 2 is 1.85 bits per heavy atom. The van der Waals surface area contributed by atoms with Gasteiger partial charge in [-0.05, 0) is 42.3 Å². The molecule has 0 heterocycles. The van der Waals surface area contributed by atoms with Gasteiger partial charge in [0.2, 0.25) is 11.8 Å². The number of anilines is 2. The highest BCUT2D eigenvalue weighted by molar-refractivity contribution is 6.35. The molecule has 0 saturated carbocycles. The molecule has 5 nitrogen and oxygen atoms in total. The van der Waals surface area contributed by atoms with Crippen LogP contribution in [0.5, 0.6) is 0 Å². The molecule has 2 rings (SSSR count). The maximum Gasteiger partial charge on any atom is 0.243 e. The van der Waals surface area contributed by atoms with Gasteiger partial charge in [-0.2, -0.15) is 0 Å². The standard InChI is InChI=1S/C19H21Cl2N3O2/c1-24(2)19(26)9-6-13-4-3-5-15(10-13)23-18(25)12-22-17-11-14(20)7-8-16(17)21/h3-5,7-8,10-11,22H,6,9,12H2,1-2H3,(H,23,25). The third kappa shape index (κ3) is 6.24. The lowest BCUT2D eigenvalue weighted by molar-refractivity contribution is -0.128. The summed E-state index contributed by atoms with van der Waals surface area (Å²) in [6.45, 7) is 0.0589. The van der Waals surface area contributed by atoms with E-state index >= 15 is 0 Å². The van der Waals surface area contributed by atoms with Gasteiger partial charge >= 0.3 is 0 Å². The van der Waals surface area contributed by atoms with E-state index in [1.54, 1.807) is 37.2 Å². The molecule has 7 heteroatoms. The number of hydrogen-bond donors (Lipinski definition) is 2. The Bertz CT molecular complexity index is 794. The van der Waals surface area contributed by atoms with Crippen molar-refractivity contribution in [2.75, 3.05) is 31.3 Å². The fraction of sp³-hybridized carbons (Fsp3) is 0.263. The van der Waals surface area contributed by atoms with Gasteiger partial charge < -0.3 is 15.5 Å². The lowest BCUT2D eigenvalue weighted by atomic mass is 10.1. The fourth-order valence-electron chi connectivity index (χ4n) is 2.29. The van der Waals surface area contributed by atoms with E-state index in [0.29, 0.717) is 34.3 Å². The zero-order valence-corrected chi connectivity index (χ0v) is 16.2. The minimum absolute atomic E-state index is 0.0589. The molecule has 0 unspecified atom stereocenters. The number of benzene rings is 2. The molecule has 0 aliphatic rings. The van der Waals surface area contributed by atoms with Gasteiger partial charge in [0.15, 0.2) is 0 Å². The Balaban J connectivity index is 1.89. The number of nitrogens with zero attached hydrogens (tertiary/aromatic N) is 1. The molecule has 2 amide bonds. The van der Waals surface area contributed by atoms with E-state index in [0.717, 1.165) is 5.56 Å². The van der Waals surface area contributed by atoms with Crippen LogP contribution in [-0.4, -0.2) is 37.4 Å². The van der Waals surface area contributed by atoms with E-state index < -0.39 is 0 Å². The average molecular weight is 394 g/mol. The maximum absolute atomic E-state index is 12.1. The summed E-state index contributed by atoms with van der Waals surface area (Å²) in [7, 11) is 3.47. The Morgan fingerprint density at radius 3 is 2.58 bits per heavy atom. The van der Waals surface area contributed by atoms with Gasteiger partial charge in [0.05, 0.1) is 17.3 Å². The van der Waals surface area contributed by atoms with Crippen LogP contribution >= 0.6 is 23.2 Å². The van der Waals surface area contributed by atoms with E-state index in [1.807, 2.05) is 24.3 Å². The maximum atomic E-state index is 12.1. The summed E-state index contributed by atoms with van der Waals surface area (Å²) in [4.78, 5) is 25.4. The van der Waals surface area contributed by atoms with Gasteiger partial charge in [-0.15, -0.1) is 0 Å². The van der Waals surface area contributed by atoms with Crippen LogP contribution < -0.4 is 10.6 Å². The molecule has 0 saturated heterocycles. The predicted octanol–water partition coefficient (Wildman–Crippen LogP) is 4.06. The summed E-state index contributed by atoms with van der Waals surface area (Å²) in [5, 5.41) is 6.82. The van der Waals surface area contributed by atoms with Crippen molar-refractivity contribution in [1.82, 2.24) is 4.90 Å². The summed E-state index contributed by atoms with van der Waals surface area (Å²) < 4.78 is 0. The second kappa shape index (κ2) is 9.46. The monoisotopic (exact) mass is 393 g/mol. The number of carbonyl (C=O) groups is 2. The first kappa shape index (κ1) is 20.1. The lowest BCUT2D eigenvalue weighted by Crippen LogP contribution is -2.22. The molecular formula is C19H21Cl2N3O2. The number of amides is 2. The molecule has 2 aromatic carbocycles. The van der Waals surface area contributed by atoms with Gasteiger partial charge in [-0.3, -0.25) is 9.59 Å². The minimum Gasteiger partial charge on any atom is -0.375 e. The molecule has 2 N–H and O–H groups in total. The molecule has 0 fully saturated rings. The normalized spacial score (nSPS) is 10.3. The molecule has 2 aromatic rings. The van der Waals surface area contributed by atoms with Gasteiger partial charge in [0, 0.05) is 31.2 Å². The Morgan fingerprint density at radius 1 is 1.08 bits per heavy atom. The summed E-state index contributed by atoms with van der Waals surface area (Å²) in [6, 6.07) is 12.5. The van der Waals surface area contributed by atoms with E-state index in [2.05, 4.69) is 10.6 Å². The zero-order valence-electron chi connectivity index (χ0n) is 14.7. The van der Waals surface area contributed by atoms with Crippen LogP contribution in [0, 0.1) is 0 Å². The molecular weight excluding hydrogens is 373 g/mol. The summed E-state index contributed by atoms with van der Waals surface area (Å²) in [5.41, 5.74) is 2.28. The van der Waals surface area contributed by atoms with Gasteiger partial charge in [0.1, 0.15) is 0 Å². The fourth-order valence-corrected chi connectivity index (χ4v) is 2.65. The number of hydrogen-bond acceptors (Lipinski definition) is 3. The molecule has 0 aliphatic heterocycles. The predicted molar refractivity (Wildman–Crippen MR) is 107 cm³/mol. The van der Waals surface area contributed by atoms with Crippen LogP contribution in [-0.2, 0) is 16.0 Å². The third-order valence-electron chi connectivity index (χ3n) is 3.70. The number of rotatable bonds is 7. The van der Waals surface area contributed by atoms with Crippen molar-refractivity contribution in [2.45, 2.75) is 12.8 Å². The SMILES string of the molecule is CN(C)C(=O)CCc1cccc(NC(=O)CNc2cc(Cl)ccc2Cl)c1. The molecule has 26 heavy (non-hydrogen) atoms. The van der Waals surface area contributed by atoms with Crippen molar-refractivity contribution in [3.8, 4) is 0 Å². The van der Waals surface area contributed by atoms with Crippen LogP contribution in [0.1, 0.15) is 12.0 Å². The molecule has 0 aromatic heterocycles. The van der Waals surface area contributed by atoms with Gasteiger partial charge in [0.25, 0.3) is 0 Å². The van der Waals surface area contributed by atoms with Crippen LogP contribution in [0.4, 0.5) is 11.4 Å². The van der Waals surface area contributed by atoms with Crippen LogP contribution in [0.3, 0.4) is 0 Å². The molecule has 0 radical (unpaired) electrons. The van der Waals surface area contributed by atoms with Gasteiger partial charge in [-0.25, -0.2) is 0 Å². The number of carbonyl (C=O) groups excluding carboxylic acids is 2. The molecule has 0 bridgehead atoms. The van der Waals surface area contributed by atoms with Crippen molar-refractivity contribution < 1.29 is 9.59 Å². The van der Waals surface area contributed by atoms with Crippen LogP contribution in [0.25, 0.3) is 0 Å². The zero-order chi connectivity index (χ0) is 19.1. The molecule has 138 valence electrons. The smallest absolute Gasteiger partial charge is 0.243 e. The molecule has 0 spiro atoms. The van der Waals surface area contributed by atoms with E-state index in [4.69, 9.17) is 23.2 Å². The average Bonchev–Trinajstić information content (AvgIpc) is 2.60. The first-order valence-corrected chi connectivity index (χ1v) is 8.88. The second-order valence-corrected chi connectivity index (χ2v) is 6.86. The Labute approximate surface area is 163 Å². The second-order valence-electron chi connectivity index (χ2n) is 6.01. The van der Waals surface area contributed by atoms with Crippen molar-refractivity contribution in [1.29, 1.82) is 0 Å². The van der Waals surface area contributed by atoms with Crippen molar-refractivity contribution in [3.05, 3.63) is 58.1 Å². The Kier molecular flexibility index (Phi) is 7.30. The molecule has 0 atom stereocenters. The number of nitrogens with one attached hydrogen (secondary N) is 2. The lowest BCUT2D eigenvalue weighted by Gasteiger charge is -2.11. The van der Waals surface area contributed by atoms with Crippen molar-refractivity contribution >= 4 is 46.4 Å². The van der Waals surface area contributed by atoms with Crippen molar-refractivity contribution in [2.24, 2.45) is 0 Å². The summed E-state index contributed by atoms with van der Waals surface area (Å²) in [6.07, 6.45) is 1.05. The highest BCUT2D eigenvalue weighted by atomic mass is 35.5. The van der Waals surface area contributed by atoms with E-state index in [1.165, 1.54) is 0 Å². The first-order chi connectivity index (χ1) is 12.3. The van der Waals surface area contributed by atoms with Crippen LogP contribution in [0.2, 0.25) is 10.0 Å². The van der Waals surface area contributed by atoms with Crippen molar-refractivity contribution in [3.63, 3.8) is 0 Å².